The first-order valence-corrected chi connectivity index (χ1v) is 5.09. The molecule has 0 spiro atoms. The Morgan fingerprint density at radius 3 is 2.80 bits per heavy atom. The number of aromatic nitrogens is 4. The number of ether oxygens (including phenoxy) is 1. The van der Waals surface area contributed by atoms with E-state index in [0.29, 0.717) is 0 Å². The van der Waals surface area contributed by atoms with Gasteiger partial charge in [0.25, 0.3) is 0 Å². The quantitative estimate of drug-likeness (QED) is 0.358. The second-order valence-corrected chi connectivity index (χ2v) is 3.35. The topological polar surface area (TPSA) is 167 Å². The Kier molecular flexibility index (Phi) is 3.61. The highest BCUT2D eigenvalue weighted by Gasteiger charge is 2.13. The van der Waals surface area contributed by atoms with Gasteiger partial charge in [-0.25, -0.2) is 15.0 Å². The van der Waals surface area contributed by atoms with Crippen molar-refractivity contribution in [2.24, 2.45) is 10.2 Å². The Bertz CT molecular complexity index is 767. The van der Waals surface area contributed by atoms with E-state index in [1.54, 1.807) is 0 Å². The molecule has 2 heterocycles. The van der Waals surface area contributed by atoms with Crippen LogP contribution in [0.1, 0.15) is 0 Å². The molecule has 0 aliphatic rings. The predicted octanol–water partition coefficient (Wildman–Crippen LogP) is 1.88. The van der Waals surface area contributed by atoms with Gasteiger partial charge in [0.05, 0.1) is 13.4 Å². The van der Waals surface area contributed by atoms with Crippen molar-refractivity contribution in [3.05, 3.63) is 27.2 Å². The molecule has 12 heteroatoms. The molecule has 100 valence electrons. The van der Waals surface area contributed by atoms with Gasteiger partial charge in [-0.2, -0.15) is 0 Å². The summed E-state index contributed by atoms with van der Waals surface area (Å²) < 4.78 is 5.89. The zero-order valence-electron chi connectivity index (χ0n) is 10.1. The summed E-state index contributed by atoms with van der Waals surface area (Å²) in [6.07, 6.45) is 1.31. The zero-order valence-corrected chi connectivity index (χ0v) is 10.1. The molecule has 12 nitrogen and oxygen atoms in total. The number of hydrogen-bond donors (Lipinski definition) is 0. The smallest absolute Gasteiger partial charge is 0.325 e. The lowest BCUT2D eigenvalue weighted by molar-refractivity contribution is -0.141. The summed E-state index contributed by atoms with van der Waals surface area (Å²) in [6.45, 7) is -0.143. The molecular weight excluding hydrogens is 268 g/mol. The van der Waals surface area contributed by atoms with Crippen molar-refractivity contribution in [1.29, 1.82) is 0 Å². The van der Waals surface area contributed by atoms with Crippen molar-refractivity contribution >= 4 is 28.9 Å². The number of esters is 1. The van der Waals surface area contributed by atoms with Crippen LogP contribution >= 0.6 is 0 Å². The molecule has 0 bridgehead atoms. The number of methoxy groups -OCH3 is 1. The van der Waals surface area contributed by atoms with Crippen LogP contribution in [0.3, 0.4) is 0 Å². The SMILES string of the molecule is COC(=O)Cn1cnc2c(N=[N+]=[N-])nc(N=[N+]=[N-])nc21. The largest absolute Gasteiger partial charge is 0.468 e. The second kappa shape index (κ2) is 5.52. The van der Waals surface area contributed by atoms with Gasteiger partial charge >= 0.3 is 5.97 Å². The fourth-order valence-corrected chi connectivity index (χ4v) is 1.43. The zero-order chi connectivity index (χ0) is 14.5. The maximum Gasteiger partial charge on any atom is 0.325 e. The molecule has 2 aromatic rings. The van der Waals surface area contributed by atoms with Gasteiger partial charge in [0.15, 0.2) is 11.5 Å². The third-order valence-electron chi connectivity index (χ3n) is 2.23. The molecular formula is C8H6N10O2. The molecule has 2 rings (SSSR count). The van der Waals surface area contributed by atoms with Crippen LogP contribution in [0.15, 0.2) is 16.6 Å². The van der Waals surface area contributed by atoms with Gasteiger partial charge < -0.3 is 9.30 Å². The van der Waals surface area contributed by atoms with Crippen LogP contribution in [0, 0.1) is 0 Å². The summed E-state index contributed by atoms with van der Waals surface area (Å²) >= 11 is 0. The molecule has 20 heavy (non-hydrogen) atoms. The van der Waals surface area contributed by atoms with Gasteiger partial charge in [-0.1, -0.05) is 0 Å². The van der Waals surface area contributed by atoms with E-state index in [-0.39, 0.29) is 29.5 Å². The van der Waals surface area contributed by atoms with Crippen LogP contribution in [-0.2, 0) is 16.1 Å². The standard InChI is InChI=1S/C8H6N10O2/c1-20-4(19)2-18-3-11-5-6(14-16-9)12-8(15-17-10)13-7(5)18/h3H,2H2,1H3. The number of fused-ring (bicyclic) bond motifs is 1. The normalized spacial score (nSPS) is 9.65. The fraction of sp³-hybridized carbons (Fsp3) is 0.250. The van der Waals surface area contributed by atoms with Crippen molar-refractivity contribution in [2.75, 3.05) is 7.11 Å². The number of nitrogens with zero attached hydrogens (tertiary/aromatic N) is 10. The lowest BCUT2D eigenvalue weighted by atomic mass is 10.5. The highest BCUT2D eigenvalue weighted by atomic mass is 16.5. The van der Waals surface area contributed by atoms with Crippen molar-refractivity contribution in [3.63, 3.8) is 0 Å². The molecule has 0 radical (unpaired) electrons. The predicted molar refractivity (Wildman–Crippen MR) is 65.0 cm³/mol. The maximum atomic E-state index is 11.3. The summed E-state index contributed by atoms with van der Waals surface area (Å²) in [5.74, 6) is -0.851. The average Bonchev–Trinajstić information content (AvgIpc) is 2.83. The second-order valence-electron chi connectivity index (χ2n) is 3.35. The first kappa shape index (κ1) is 13.1. The van der Waals surface area contributed by atoms with Crippen LogP contribution in [0.5, 0.6) is 0 Å². The van der Waals surface area contributed by atoms with Crippen LogP contribution in [0.2, 0.25) is 0 Å². The van der Waals surface area contributed by atoms with Gasteiger partial charge in [-0.15, -0.1) is 0 Å². The van der Waals surface area contributed by atoms with E-state index in [2.05, 4.69) is 39.7 Å². The van der Waals surface area contributed by atoms with E-state index in [1.165, 1.54) is 18.0 Å². The summed E-state index contributed by atoms with van der Waals surface area (Å²) in [7, 11) is 1.24. The van der Waals surface area contributed by atoms with Crippen LogP contribution < -0.4 is 0 Å². The molecule has 0 aromatic carbocycles. The Morgan fingerprint density at radius 1 is 1.40 bits per heavy atom. The molecule has 0 N–H and O–H groups in total. The highest BCUT2D eigenvalue weighted by molar-refractivity contribution is 5.83. The monoisotopic (exact) mass is 274 g/mol. The molecule has 0 unspecified atom stereocenters. The average molecular weight is 274 g/mol. The van der Waals surface area contributed by atoms with Crippen molar-refractivity contribution in [2.45, 2.75) is 6.54 Å². The van der Waals surface area contributed by atoms with E-state index in [4.69, 9.17) is 11.1 Å². The summed E-state index contributed by atoms with van der Waals surface area (Å²) in [5, 5.41) is 6.58. The van der Waals surface area contributed by atoms with E-state index in [9.17, 15) is 4.79 Å². The molecule has 0 aliphatic carbocycles. The van der Waals surface area contributed by atoms with Gasteiger partial charge in [0, 0.05) is 9.82 Å². The molecule has 0 fully saturated rings. The number of rotatable bonds is 4. The third-order valence-corrected chi connectivity index (χ3v) is 2.23. The van der Waals surface area contributed by atoms with Crippen LogP contribution in [0.4, 0.5) is 11.8 Å². The molecule has 0 aliphatic heterocycles. The lowest BCUT2D eigenvalue weighted by Crippen LogP contribution is -2.11. The van der Waals surface area contributed by atoms with E-state index in [0.717, 1.165) is 0 Å². The molecule has 0 saturated carbocycles. The molecule has 0 saturated heterocycles. The summed E-state index contributed by atoms with van der Waals surface area (Å²) in [6, 6.07) is 0. The third kappa shape index (κ3) is 2.41. The van der Waals surface area contributed by atoms with E-state index < -0.39 is 5.97 Å². The minimum absolute atomic E-state index is 0.0940. The Hall–Kier alpha value is -3.36. The van der Waals surface area contributed by atoms with Gasteiger partial charge in [-0.05, 0) is 21.3 Å². The van der Waals surface area contributed by atoms with Crippen molar-refractivity contribution in [3.8, 4) is 0 Å². The van der Waals surface area contributed by atoms with Gasteiger partial charge in [0.1, 0.15) is 12.1 Å². The van der Waals surface area contributed by atoms with E-state index in [1.807, 2.05) is 0 Å². The van der Waals surface area contributed by atoms with Gasteiger partial charge in [0.2, 0.25) is 5.95 Å². The van der Waals surface area contributed by atoms with Crippen molar-refractivity contribution in [1.82, 2.24) is 19.5 Å². The van der Waals surface area contributed by atoms with Crippen LogP contribution in [-0.4, -0.2) is 32.6 Å². The Labute approximate surface area is 110 Å². The summed E-state index contributed by atoms with van der Waals surface area (Å²) in [4.78, 5) is 28.1. The first-order chi connectivity index (χ1) is 9.69. The molecule has 0 amide bonds. The maximum absolute atomic E-state index is 11.3. The Morgan fingerprint density at radius 2 is 2.15 bits per heavy atom. The number of azide groups is 2. The summed E-state index contributed by atoms with van der Waals surface area (Å²) in [5.41, 5.74) is 17.2. The molecule has 2 aromatic heterocycles. The lowest BCUT2D eigenvalue weighted by Gasteiger charge is -2.02. The number of hydrogen-bond acceptors (Lipinski definition) is 7. The van der Waals surface area contributed by atoms with Gasteiger partial charge in [-0.3, -0.25) is 4.79 Å². The molecule has 0 atom stereocenters. The van der Waals surface area contributed by atoms with E-state index >= 15 is 0 Å². The van der Waals surface area contributed by atoms with Crippen molar-refractivity contribution < 1.29 is 9.53 Å². The number of carbonyl (C=O) groups is 1. The minimum atomic E-state index is -0.515. The van der Waals surface area contributed by atoms with Crippen LogP contribution in [0.25, 0.3) is 32.0 Å². The first-order valence-electron chi connectivity index (χ1n) is 5.09. The number of carbonyl (C=O) groups excluding carboxylic acids is 1. The minimum Gasteiger partial charge on any atom is -0.468 e. The number of imidazole rings is 1. The Balaban J connectivity index is 2.65. The fourth-order valence-electron chi connectivity index (χ4n) is 1.43. The highest BCUT2D eigenvalue weighted by Crippen LogP contribution is 2.24.